The summed E-state index contributed by atoms with van der Waals surface area (Å²) >= 11 is 1.51. The van der Waals surface area contributed by atoms with E-state index in [1.54, 1.807) is 11.4 Å². The first kappa shape index (κ1) is 15.9. The van der Waals surface area contributed by atoms with E-state index in [1.807, 2.05) is 6.92 Å². The first-order chi connectivity index (χ1) is 9.55. The molecule has 1 atom stereocenters. The highest BCUT2D eigenvalue weighted by atomic mass is 32.2. The number of hydrogen-bond donors (Lipinski definition) is 2. The molecular weight excluding hydrogens is 292 g/mol. The second-order valence-electron chi connectivity index (χ2n) is 5.42. The minimum atomic E-state index is -3.36. The molecule has 2 N–H and O–H groups in total. The molecule has 0 radical (unpaired) electrons. The van der Waals surface area contributed by atoms with Gasteiger partial charge in [-0.15, -0.1) is 11.3 Å². The summed E-state index contributed by atoms with van der Waals surface area (Å²) in [5.74, 6) is 0. The lowest BCUT2D eigenvalue weighted by atomic mass is 10.1. The van der Waals surface area contributed by atoms with Crippen molar-refractivity contribution in [2.45, 2.75) is 69.5 Å². The maximum absolute atomic E-state index is 12.3. The highest BCUT2D eigenvalue weighted by molar-refractivity contribution is 7.89. The maximum atomic E-state index is 12.3. The zero-order valence-corrected chi connectivity index (χ0v) is 13.8. The van der Waals surface area contributed by atoms with Crippen LogP contribution in [0.5, 0.6) is 0 Å². The van der Waals surface area contributed by atoms with E-state index in [0.717, 1.165) is 30.7 Å². The Morgan fingerprint density at radius 3 is 2.75 bits per heavy atom. The summed E-state index contributed by atoms with van der Waals surface area (Å²) in [5, 5.41) is 5.15. The smallest absolute Gasteiger partial charge is 0.241 e. The van der Waals surface area contributed by atoms with Crippen LogP contribution in [0.1, 0.15) is 50.8 Å². The van der Waals surface area contributed by atoms with Gasteiger partial charge in [0.05, 0.1) is 4.90 Å². The molecule has 0 spiro atoms. The second-order valence-corrected chi connectivity index (χ2v) is 8.13. The molecule has 1 aliphatic rings. The molecule has 1 unspecified atom stereocenters. The third-order valence-electron chi connectivity index (χ3n) is 3.53. The fourth-order valence-corrected chi connectivity index (χ4v) is 4.69. The molecule has 1 aromatic heterocycles. The average Bonchev–Trinajstić information content (AvgIpc) is 3.11. The van der Waals surface area contributed by atoms with Crippen LogP contribution in [0.25, 0.3) is 0 Å². The third kappa shape index (κ3) is 4.55. The molecule has 0 bridgehead atoms. The Morgan fingerprint density at radius 1 is 1.40 bits per heavy atom. The van der Waals surface area contributed by atoms with Gasteiger partial charge in [0, 0.05) is 28.9 Å². The fraction of sp³-hybridized carbons (Fsp3) is 0.714. The molecule has 0 aromatic carbocycles. The van der Waals surface area contributed by atoms with Crippen LogP contribution >= 0.6 is 11.3 Å². The van der Waals surface area contributed by atoms with E-state index in [0.29, 0.717) is 10.9 Å². The highest BCUT2D eigenvalue weighted by Crippen LogP contribution is 2.23. The maximum Gasteiger partial charge on any atom is 0.241 e. The van der Waals surface area contributed by atoms with Crippen molar-refractivity contribution in [1.29, 1.82) is 0 Å². The van der Waals surface area contributed by atoms with Crippen LogP contribution < -0.4 is 10.0 Å². The van der Waals surface area contributed by atoms with Crippen molar-refractivity contribution >= 4 is 21.4 Å². The van der Waals surface area contributed by atoms with Gasteiger partial charge in [0.2, 0.25) is 10.0 Å². The van der Waals surface area contributed by atoms with Crippen LogP contribution in [0.15, 0.2) is 16.3 Å². The van der Waals surface area contributed by atoms with Gasteiger partial charge in [-0.1, -0.05) is 20.3 Å². The van der Waals surface area contributed by atoms with Crippen LogP contribution in [0.3, 0.4) is 0 Å². The van der Waals surface area contributed by atoms with E-state index in [1.165, 1.54) is 24.2 Å². The summed E-state index contributed by atoms with van der Waals surface area (Å²) in [4.78, 5) is 1.49. The summed E-state index contributed by atoms with van der Waals surface area (Å²) < 4.78 is 27.4. The zero-order valence-electron chi connectivity index (χ0n) is 12.2. The van der Waals surface area contributed by atoms with Gasteiger partial charge in [-0.25, -0.2) is 13.1 Å². The molecule has 1 fully saturated rings. The fourth-order valence-electron chi connectivity index (χ4n) is 2.11. The van der Waals surface area contributed by atoms with Crippen LogP contribution in [-0.2, 0) is 16.6 Å². The third-order valence-corrected chi connectivity index (χ3v) is 6.12. The Morgan fingerprint density at radius 2 is 2.15 bits per heavy atom. The lowest BCUT2D eigenvalue weighted by Crippen LogP contribution is -2.34. The van der Waals surface area contributed by atoms with E-state index < -0.39 is 10.0 Å². The zero-order chi connectivity index (χ0) is 14.6. The molecule has 20 heavy (non-hydrogen) atoms. The SMILES string of the molecule is CCCC(CC)NS(=O)(=O)c1csc(CNC2CC2)c1. The topological polar surface area (TPSA) is 58.2 Å². The van der Waals surface area contributed by atoms with Gasteiger partial charge in [-0.05, 0) is 31.7 Å². The molecular formula is C14H24N2O2S2. The van der Waals surface area contributed by atoms with Crippen molar-refractivity contribution in [1.82, 2.24) is 10.0 Å². The first-order valence-corrected chi connectivity index (χ1v) is 9.74. The lowest BCUT2D eigenvalue weighted by Gasteiger charge is -2.15. The van der Waals surface area contributed by atoms with Gasteiger partial charge in [0.1, 0.15) is 0 Å². The van der Waals surface area contributed by atoms with Gasteiger partial charge in [0.15, 0.2) is 0 Å². The minimum absolute atomic E-state index is 0.0398. The van der Waals surface area contributed by atoms with Crippen molar-refractivity contribution in [3.8, 4) is 0 Å². The van der Waals surface area contributed by atoms with Crippen LogP contribution in [0, 0.1) is 0 Å². The molecule has 0 saturated heterocycles. The van der Waals surface area contributed by atoms with Gasteiger partial charge in [0.25, 0.3) is 0 Å². The molecule has 6 heteroatoms. The molecule has 1 aliphatic carbocycles. The summed E-state index contributed by atoms with van der Waals surface area (Å²) in [6.07, 6.45) is 5.19. The van der Waals surface area contributed by atoms with Crippen LogP contribution in [0.2, 0.25) is 0 Å². The van der Waals surface area contributed by atoms with Gasteiger partial charge in [-0.2, -0.15) is 0 Å². The van der Waals surface area contributed by atoms with Gasteiger partial charge in [-0.3, -0.25) is 0 Å². The largest absolute Gasteiger partial charge is 0.309 e. The van der Waals surface area contributed by atoms with E-state index in [9.17, 15) is 8.42 Å². The van der Waals surface area contributed by atoms with Crippen LogP contribution in [-0.4, -0.2) is 20.5 Å². The molecule has 1 aromatic rings. The summed E-state index contributed by atoms with van der Waals surface area (Å²) in [6, 6.07) is 2.48. The Balaban J connectivity index is 1.96. The number of rotatable bonds is 9. The van der Waals surface area contributed by atoms with Crippen molar-refractivity contribution < 1.29 is 8.42 Å². The Kier molecular flexibility index (Phi) is 5.60. The van der Waals surface area contributed by atoms with E-state index in [-0.39, 0.29) is 6.04 Å². The minimum Gasteiger partial charge on any atom is -0.309 e. The number of sulfonamides is 1. The van der Waals surface area contributed by atoms with Crippen molar-refractivity contribution in [3.63, 3.8) is 0 Å². The summed E-state index contributed by atoms with van der Waals surface area (Å²) in [5.41, 5.74) is 0. The average molecular weight is 316 g/mol. The molecule has 114 valence electrons. The van der Waals surface area contributed by atoms with Gasteiger partial charge < -0.3 is 5.32 Å². The van der Waals surface area contributed by atoms with Crippen LogP contribution in [0.4, 0.5) is 0 Å². The highest BCUT2D eigenvalue weighted by Gasteiger charge is 2.22. The van der Waals surface area contributed by atoms with E-state index in [4.69, 9.17) is 0 Å². The Hall–Kier alpha value is -0.430. The monoisotopic (exact) mass is 316 g/mol. The summed E-state index contributed by atoms with van der Waals surface area (Å²) in [7, 11) is -3.36. The van der Waals surface area contributed by atoms with E-state index >= 15 is 0 Å². The predicted octanol–water partition coefficient (Wildman–Crippen LogP) is 2.86. The normalized spacial score (nSPS) is 17.3. The summed E-state index contributed by atoms with van der Waals surface area (Å²) in [6.45, 7) is 4.86. The predicted molar refractivity (Wildman–Crippen MR) is 83.5 cm³/mol. The van der Waals surface area contributed by atoms with Gasteiger partial charge >= 0.3 is 0 Å². The van der Waals surface area contributed by atoms with Crippen molar-refractivity contribution in [2.75, 3.05) is 0 Å². The molecule has 1 heterocycles. The molecule has 0 aliphatic heterocycles. The lowest BCUT2D eigenvalue weighted by molar-refractivity contribution is 0.512. The Bertz CT molecular complexity index is 521. The second kappa shape index (κ2) is 7.02. The van der Waals surface area contributed by atoms with E-state index in [2.05, 4.69) is 17.0 Å². The number of thiophene rings is 1. The standard InChI is InChI=1S/C14H24N2O2S2/c1-3-5-11(4-2)16-20(17,18)14-8-13(19-10-14)9-15-12-6-7-12/h8,10-12,15-16H,3-7,9H2,1-2H3. The first-order valence-electron chi connectivity index (χ1n) is 7.38. The Labute approximate surface area is 126 Å². The molecule has 0 amide bonds. The quantitative estimate of drug-likeness (QED) is 0.736. The molecule has 1 saturated carbocycles. The van der Waals surface area contributed by atoms with Crippen molar-refractivity contribution in [2.24, 2.45) is 0 Å². The molecule has 2 rings (SSSR count). The van der Waals surface area contributed by atoms with Crippen molar-refractivity contribution in [3.05, 3.63) is 16.3 Å². The molecule has 4 nitrogen and oxygen atoms in total. The number of hydrogen-bond acceptors (Lipinski definition) is 4. The number of nitrogens with one attached hydrogen (secondary N) is 2.